The first-order valence-corrected chi connectivity index (χ1v) is 3.85. The highest BCUT2D eigenvalue weighted by Crippen LogP contribution is 2.28. The average Bonchev–Trinajstić information content (AvgIpc) is 2.08. The Labute approximate surface area is 76.7 Å². The molecule has 1 aromatic rings. The summed E-state index contributed by atoms with van der Waals surface area (Å²) in [6, 6.07) is 5.22. The highest BCUT2D eigenvalue weighted by molar-refractivity contribution is 5.93. The molecule has 0 spiro atoms. The van der Waals surface area contributed by atoms with Crippen molar-refractivity contribution in [3.05, 3.63) is 18.2 Å². The second-order valence-corrected chi connectivity index (χ2v) is 2.60. The molecule has 0 bridgehead atoms. The number of rotatable bonds is 2. The molecule has 4 nitrogen and oxygen atoms in total. The number of para-hydroxylation sites is 1. The third-order valence-corrected chi connectivity index (χ3v) is 1.60. The first-order chi connectivity index (χ1) is 6.15. The number of benzene rings is 1. The molecule has 0 fully saturated rings. The van der Waals surface area contributed by atoms with Gasteiger partial charge in [-0.05, 0) is 12.1 Å². The summed E-state index contributed by atoms with van der Waals surface area (Å²) in [4.78, 5) is 10.8. The number of nitrogens with one attached hydrogen (secondary N) is 1. The fraction of sp³-hybridized carbons (Fsp3) is 0.222. The molecule has 1 aromatic carbocycles. The van der Waals surface area contributed by atoms with Crippen LogP contribution in [0.3, 0.4) is 0 Å². The maximum absolute atomic E-state index is 10.8. The fourth-order valence-electron chi connectivity index (χ4n) is 1.02. The van der Waals surface area contributed by atoms with Gasteiger partial charge in [0.15, 0.2) is 0 Å². The Hall–Kier alpha value is -1.71. The number of carbonyl (C=O) groups excluding carboxylic acids is 1. The zero-order valence-electron chi connectivity index (χ0n) is 7.63. The van der Waals surface area contributed by atoms with E-state index in [1.165, 1.54) is 14.0 Å². The molecule has 0 radical (unpaired) electrons. The Morgan fingerprint density at radius 1 is 1.54 bits per heavy atom. The van der Waals surface area contributed by atoms with Gasteiger partial charge in [0.1, 0.15) is 5.75 Å². The van der Waals surface area contributed by atoms with E-state index in [4.69, 9.17) is 10.5 Å². The zero-order valence-corrected chi connectivity index (χ0v) is 7.63. The summed E-state index contributed by atoms with van der Waals surface area (Å²) in [5.74, 6) is 0.409. The van der Waals surface area contributed by atoms with Gasteiger partial charge in [0, 0.05) is 6.92 Å². The lowest BCUT2D eigenvalue weighted by molar-refractivity contribution is -0.114. The number of hydrogen-bond acceptors (Lipinski definition) is 3. The molecule has 0 heterocycles. The summed E-state index contributed by atoms with van der Waals surface area (Å²) >= 11 is 0. The van der Waals surface area contributed by atoms with Crippen molar-refractivity contribution in [1.29, 1.82) is 0 Å². The number of methoxy groups -OCH3 is 1. The smallest absolute Gasteiger partial charge is 0.221 e. The molecule has 70 valence electrons. The van der Waals surface area contributed by atoms with Crippen molar-refractivity contribution in [3.8, 4) is 5.75 Å². The van der Waals surface area contributed by atoms with Crippen molar-refractivity contribution in [1.82, 2.24) is 0 Å². The van der Waals surface area contributed by atoms with Crippen molar-refractivity contribution in [2.75, 3.05) is 18.2 Å². The summed E-state index contributed by atoms with van der Waals surface area (Å²) < 4.78 is 4.99. The average molecular weight is 180 g/mol. The predicted molar refractivity (Wildman–Crippen MR) is 51.7 cm³/mol. The number of anilines is 2. The van der Waals surface area contributed by atoms with Crippen LogP contribution in [0.25, 0.3) is 0 Å². The SMILES string of the molecule is COc1cccc(NC(C)=O)c1N. The van der Waals surface area contributed by atoms with Crippen molar-refractivity contribution >= 4 is 17.3 Å². The van der Waals surface area contributed by atoms with Crippen LogP contribution >= 0.6 is 0 Å². The third kappa shape index (κ3) is 2.11. The molecule has 0 aliphatic heterocycles. The lowest BCUT2D eigenvalue weighted by atomic mass is 10.2. The van der Waals surface area contributed by atoms with Crippen LogP contribution in [0.4, 0.5) is 11.4 Å². The normalized spacial score (nSPS) is 9.38. The van der Waals surface area contributed by atoms with E-state index in [-0.39, 0.29) is 5.91 Å². The minimum Gasteiger partial charge on any atom is -0.495 e. The quantitative estimate of drug-likeness (QED) is 0.673. The van der Waals surface area contributed by atoms with Crippen molar-refractivity contribution in [2.24, 2.45) is 0 Å². The van der Waals surface area contributed by atoms with E-state index in [1.54, 1.807) is 18.2 Å². The van der Waals surface area contributed by atoms with Gasteiger partial charge in [-0.3, -0.25) is 4.79 Å². The van der Waals surface area contributed by atoms with E-state index in [1.807, 2.05) is 0 Å². The second-order valence-electron chi connectivity index (χ2n) is 2.60. The molecule has 0 atom stereocenters. The summed E-state index contributed by atoms with van der Waals surface area (Å²) in [7, 11) is 1.53. The van der Waals surface area contributed by atoms with Crippen molar-refractivity contribution in [2.45, 2.75) is 6.92 Å². The molecule has 4 heteroatoms. The van der Waals surface area contributed by atoms with Gasteiger partial charge >= 0.3 is 0 Å². The summed E-state index contributed by atoms with van der Waals surface area (Å²) in [5.41, 5.74) is 6.72. The van der Waals surface area contributed by atoms with E-state index >= 15 is 0 Å². The monoisotopic (exact) mass is 180 g/mol. The highest BCUT2D eigenvalue weighted by atomic mass is 16.5. The third-order valence-electron chi connectivity index (χ3n) is 1.60. The molecule has 1 amide bonds. The minimum absolute atomic E-state index is 0.153. The van der Waals surface area contributed by atoms with Crippen LogP contribution < -0.4 is 15.8 Å². The van der Waals surface area contributed by atoms with Gasteiger partial charge in [-0.1, -0.05) is 6.07 Å². The van der Waals surface area contributed by atoms with Crippen LogP contribution in [0.1, 0.15) is 6.92 Å². The Morgan fingerprint density at radius 3 is 2.77 bits per heavy atom. The van der Waals surface area contributed by atoms with Gasteiger partial charge in [0.05, 0.1) is 18.5 Å². The van der Waals surface area contributed by atoms with Gasteiger partial charge in [-0.2, -0.15) is 0 Å². The zero-order chi connectivity index (χ0) is 9.84. The Bertz CT molecular complexity index is 323. The van der Waals surface area contributed by atoms with Crippen LogP contribution in [0.2, 0.25) is 0 Å². The molecule has 0 aromatic heterocycles. The van der Waals surface area contributed by atoms with E-state index in [9.17, 15) is 4.79 Å². The summed E-state index contributed by atoms with van der Waals surface area (Å²) in [6.07, 6.45) is 0. The Kier molecular flexibility index (Phi) is 2.74. The van der Waals surface area contributed by atoms with E-state index in [0.29, 0.717) is 17.1 Å². The standard InChI is InChI=1S/C9H12N2O2/c1-6(12)11-7-4-3-5-8(13-2)9(7)10/h3-5H,10H2,1-2H3,(H,11,12). The Balaban J connectivity index is 3.01. The highest BCUT2D eigenvalue weighted by Gasteiger charge is 2.05. The maximum atomic E-state index is 10.8. The number of amides is 1. The molecule has 0 saturated heterocycles. The van der Waals surface area contributed by atoms with Gasteiger partial charge < -0.3 is 15.8 Å². The van der Waals surface area contributed by atoms with Crippen LogP contribution in [0.15, 0.2) is 18.2 Å². The van der Waals surface area contributed by atoms with Gasteiger partial charge in [-0.15, -0.1) is 0 Å². The fourth-order valence-corrected chi connectivity index (χ4v) is 1.02. The Morgan fingerprint density at radius 2 is 2.23 bits per heavy atom. The largest absolute Gasteiger partial charge is 0.495 e. The molecule has 0 saturated carbocycles. The van der Waals surface area contributed by atoms with Crippen molar-refractivity contribution < 1.29 is 9.53 Å². The van der Waals surface area contributed by atoms with Crippen LogP contribution in [0, 0.1) is 0 Å². The molecule has 3 N–H and O–H groups in total. The second kappa shape index (κ2) is 3.80. The van der Waals surface area contributed by atoms with Gasteiger partial charge in [-0.25, -0.2) is 0 Å². The molecule has 1 rings (SSSR count). The number of hydrogen-bond donors (Lipinski definition) is 2. The summed E-state index contributed by atoms with van der Waals surface area (Å²) in [5, 5.41) is 2.60. The van der Waals surface area contributed by atoms with Crippen LogP contribution in [-0.2, 0) is 4.79 Å². The first-order valence-electron chi connectivity index (χ1n) is 3.85. The predicted octanol–water partition coefficient (Wildman–Crippen LogP) is 1.24. The number of nitrogens with two attached hydrogens (primary N) is 1. The van der Waals surface area contributed by atoms with E-state index in [0.717, 1.165) is 0 Å². The minimum atomic E-state index is -0.153. The van der Waals surface area contributed by atoms with E-state index < -0.39 is 0 Å². The lowest BCUT2D eigenvalue weighted by Crippen LogP contribution is -2.08. The van der Waals surface area contributed by atoms with Crippen LogP contribution in [-0.4, -0.2) is 13.0 Å². The number of ether oxygens (including phenoxy) is 1. The molecular weight excluding hydrogens is 168 g/mol. The maximum Gasteiger partial charge on any atom is 0.221 e. The van der Waals surface area contributed by atoms with Gasteiger partial charge in [0.2, 0.25) is 5.91 Å². The molecule has 0 aliphatic carbocycles. The van der Waals surface area contributed by atoms with Gasteiger partial charge in [0.25, 0.3) is 0 Å². The molecule has 13 heavy (non-hydrogen) atoms. The molecule has 0 aliphatic rings. The number of nitrogen functional groups attached to an aromatic ring is 1. The van der Waals surface area contributed by atoms with Crippen molar-refractivity contribution in [3.63, 3.8) is 0 Å². The molecule has 0 unspecified atom stereocenters. The molecular formula is C9H12N2O2. The van der Waals surface area contributed by atoms with E-state index in [2.05, 4.69) is 5.32 Å². The first kappa shape index (κ1) is 9.38. The summed E-state index contributed by atoms with van der Waals surface area (Å²) in [6.45, 7) is 1.43. The lowest BCUT2D eigenvalue weighted by Gasteiger charge is -2.09. The number of carbonyl (C=O) groups is 1. The van der Waals surface area contributed by atoms with Crippen LogP contribution in [0.5, 0.6) is 5.75 Å². The topological polar surface area (TPSA) is 64.3 Å².